The van der Waals surface area contributed by atoms with Crippen molar-refractivity contribution < 1.29 is 9.32 Å². The number of amides is 1. The number of nitrogens with one attached hydrogen (secondary N) is 3. The van der Waals surface area contributed by atoms with E-state index in [0.717, 1.165) is 49.6 Å². The van der Waals surface area contributed by atoms with Crippen molar-refractivity contribution in [2.75, 3.05) is 6.54 Å². The van der Waals surface area contributed by atoms with Crippen molar-refractivity contribution in [2.24, 2.45) is 10.9 Å². The largest absolute Gasteiger partial charge is 0.359 e. The Kier molecular flexibility index (Phi) is 8.13. The number of aromatic nitrogens is 1. The van der Waals surface area contributed by atoms with Crippen LogP contribution in [0.15, 0.2) is 15.6 Å². The minimum atomic E-state index is 0.0735. The first-order valence-corrected chi connectivity index (χ1v) is 10.2. The lowest BCUT2D eigenvalue weighted by atomic mass is 9.85. The normalized spacial score (nSPS) is 20.8. The zero-order valence-corrected chi connectivity index (χ0v) is 17.3. The molecule has 1 aromatic heterocycles. The Hall–Kier alpha value is -2.05. The van der Waals surface area contributed by atoms with Gasteiger partial charge in [-0.3, -0.25) is 4.79 Å². The van der Waals surface area contributed by atoms with Crippen LogP contribution in [0.25, 0.3) is 0 Å². The van der Waals surface area contributed by atoms with E-state index in [1.165, 1.54) is 0 Å². The quantitative estimate of drug-likeness (QED) is 0.502. The van der Waals surface area contributed by atoms with Crippen LogP contribution in [0.4, 0.5) is 0 Å². The predicted octanol–water partition coefficient (Wildman–Crippen LogP) is 2.94. The summed E-state index contributed by atoms with van der Waals surface area (Å²) in [5.74, 6) is 2.10. The van der Waals surface area contributed by atoms with Gasteiger partial charge in [0.05, 0.1) is 5.69 Å². The molecule has 0 aliphatic heterocycles. The Morgan fingerprint density at radius 2 is 2.11 bits per heavy atom. The Morgan fingerprint density at radius 1 is 1.33 bits per heavy atom. The van der Waals surface area contributed by atoms with Gasteiger partial charge >= 0.3 is 0 Å². The van der Waals surface area contributed by atoms with Crippen LogP contribution in [-0.2, 0) is 11.3 Å². The molecule has 0 radical (unpaired) electrons. The fraction of sp³-hybridized carbons (Fsp3) is 0.750. The molecule has 0 spiro atoms. The Bertz CT molecular complexity index is 624. The monoisotopic (exact) mass is 377 g/mol. The summed E-state index contributed by atoms with van der Waals surface area (Å²) < 4.78 is 5.36. The molecule has 27 heavy (non-hydrogen) atoms. The van der Waals surface area contributed by atoms with E-state index in [-0.39, 0.29) is 23.9 Å². The fourth-order valence-corrected chi connectivity index (χ4v) is 3.31. The van der Waals surface area contributed by atoms with E-state index < -0.39 is 0 Å². The van der Waals surface area contributed by atoms with Gasteiger partial charge in [0.25, 0.3) is 0 Å². The molecule has 7 nitrogen and oxygen atoms in total. The number of rotatable bonds is 7. The van der Waals surface area contributed by atoms with Gasteiger partial charge in [-0.25, -0.2) is 4.99 Å². The number of aliphatic imine (C=N–C) groups is 1. The van der Waals surface area contributed by atoms with Crippen LogP contribution in [0.3, 0.4) is 0 Å². The fourth-order valence-electron chi connectivity index (χ4n) is 3.31. The maximum absolute atomic E-state index is 12.3. The minimum Gasteiger partial charge on any atom is -0.359 e. The summed E-state index contributed by atoms with van der Waals surface area (Å²) in [6.07, 6.45) is 3.89. The van der Waals surface area contributed by atoms with Crippen LogP contribution in [0.1, 0.15) is 77.7 Å². The molecule has 1 heterocycles. The summed E-state index contributed by atoms with van der Waals surface area (Å²) in [6.45, 7) is 11.4. The van der Waals surface area contributed by atoms with Crippen LogP contribution >= 0.6 is 0 Å². The van der Waals surface area contributed by atoms with Crippen molar-refractivity contribution in [1.29, 1.82) is 0 Å². The molecule has 2 unspecified atom stereocenters. The molecule has 1 aliphatic carbocycles. The van der Waals surface area contributed by atoms with E-state index in [9.17, 15) is 4.79 Å². The molecule has 7 heteroatoms. The van der Waals surface area contributed by atoms with Gasteiger partial charge in [0.2, 0.25) is 5.91 Å². The van der Waals surface area contributed by atoms with Crippen LogP contribution in [0.5, 0.6) is 0 Å². The summed E-state index contributed by atoms with van der Waals surface area (Å²) in [4.78, 5) is 17.0. The molecule has 0 saturated heterocycles. The van der Waals surface area contributed by atoms with Crippen LogP contribution in [-0.4, -0.2) is 35.7 Å². The second-order valence-electron chi connectivity index (χ2n) is 7.94. The van der Waals surface area contributed by atoms with Crippen molar-refractivity contribution in [3.8, 4) is 0 Å². The molecular weight excluding hydrogens is 342 g/mol. The van der Waals surface area contributed by atoms with Gasteiger partial charge in [-0.15, -0.1) is 0 Å². The highest BCUT2D eigenvalue weighted by Crippen LogP contribution is 2.24. The Balaban J connectivity index is 1.94. The SMILES string of the molecule is CCNC(=NCc1cc(C(C)C)no1)NC1CCCC(C(=O)NC(C)C)C1. The number of nitrogens with zero attached hydrogens (tertiary/aromatic N) is 2. The van der Waals surface area contributed by atoms with E-state index in [4.69, 9.17) is 4.52 Å². The number of carbonyl (C=O) groups is 1. The highest BCUT2D eigenvalue weighted by molar-refractivity contribution is 5.81. The third kappa shape index (κ3) is 6.88. The second-order valence-corrected chi connectivity index (χ2v) is 7.94. The Labute approximate surface area is 162 Å². The summed E-state index contributed by atoms with van der Waals surface area (Å²) in [5, 5.41) is 13.9. The van der Waals surface area contributed by atoms with Crippen molar-refractivity contribution in [3.05, 3.63) is 17.5 Å². The van der Waals surface area contributed by atoms with Crippen LogP contribution in [0, 0.1) is 5.92 Å². The van der Waals surface area contributed by atoms with Crippen LogP contribution in [0.2, 0.25) is 0 Å². The number of carbonyl (C=O) groups excluding carboxylic acids is 1. The second kappa shape index (κ2) is 10.3. The van der Waals surface area contributed by atoms with Gasteiger partial charge in [-0.05, 0) is 46.0 Å². The predicted molar refractivity (Wildman–Crippen MR) is 108 cm³/mol. The lowest BCUT2D eigenvalue weighted by Crippen LogP contribution is -2.47. The van der Waals surface area contributed by atoms with Gasteiger partial charge in [-0.1, -0.05) is 25.4 Å². The lowest BCUT2D eigenvalue weighted by Gasteiger charge is -2.30. The number of hydrogen-bond acceptors (Lipinski definition) is 4. The highest BCUT2D eigenvalue weighted by Gasteiger charge is 2.28. The molecule has 1 saturated carbocycles. The van der Waals surface area contributed by atoms with Gasteiger partial charge in [0.15, 0.2) is 11.7 Å². The third-order valence-electron chi connectivity index (χ3n) is 4.72. The van der Waals surface area contributed by atoms with Gasteiger partial charge in [0.1, 0.15) is 6.54 Å². The van der Waals surface area contributed by atoms with Gasteiger partial charge in [0, 0.05) is 30.6 Å². The zero-order valence-electron chi connectivity index (χ0n) is 17.3. The summed E-state index contributed by atoms with van der Waals surface area (Å²) in [6, 6.07) is 2.40. The molecular formula is C20H35N5O2. The zero-order chi connectivity index (χ0) is 19.8. The minimum absolute atomic E-state index is 0.0735. The molecule has 0 aromatic carbocycles. The molecule has 152 valence electrons. The maximum Gasteiger partial charge on any atom is 0.223 e. The first-order chi connectivity index (χ1) is 12.9. The standard InChI is InChI=1S/C20H35N5O2/c1-6-21-20(22-12-17-11-18(13(2)3)25-27-17)24-16-9-7-8-15(10-16)19(26)23-14(4)5/h11,13-16H,6-10,12H2,1-5H3,(H,23,26)(H2,21,22,24). The summed E-state index contributed by atoms with van der Waals surface area (Å²) in [7, 11) is 0. The third-order valence-corrected chi connectivity index (χ3v) is 4.72. The molecule has 1 amide bonds. The van der Waals surface area contributed by atoms with Crippen molar-refractivity contribution in [1.82, 2.24) is 21.1 Å². The maximum atomic E-state index is 12.3. The highest BCUT2D eigenvalue weighted by atomic mass is 16.5. The molecule has 1 aliphatic rings. The average Bonchev–Trinajstić information content (AvgIpc) is 3.09. The number of guanidine groups is 1. The van der Waals surface area contributed by atoms with Crippen molar-refractivity contribution in [2.45, 2.75) is 84.8 Å². The first kappa shape index (κ1) is 21.3. The average molecular weight is 378 g/mol. The van der Waals surface area contributed by atoms with E-state index in [1.54, 1.807) is 0 Å². The molecule has 2 rings (SSSR count). The van der Waals surface area contributed by atoms with Crippen LogP contribution < -0.4 is 16.0 Å². The van der Waals surface area contributed by atoms with Gasteiger partial charge < -0.3 is 20.5 Å². The summed E-state index contributed by atoms with van der Waals surface area (Å²) >= 11 is 0. The topological polar surface area (TPSA) is 91.6 Å². The summed E-state index contributed by atoms with van der Waals surface area (Å²) in [5.41, 5.74) is 0.949. The van der Waals surface area contributed by atoms with E-state index in [1.807, 2.05) is 26.8 Å². The molecule has 0 bridgehead atoms. The van der Waals surface area contributed by atoms with E-state index in [0.29, 0.717) is 12.5 Å². The smallest absolute Gasteiger partial charge is 0.223 e. The van der Waals surface area contributed by atoms with Gasteiger partial charge in [-0.2, -0.15) is 0 Å². The Morgan fingerprint density at radius 3 is 2.74 bits per heavy atom. The first-order valence-electron chi connectivity index (χ1n) is 10.2. The molecule has 1 fully saturated rings. The molecule has 3 N–H and O–H groups in total. The van der Waals surface area contributed by atoms with E-state index >= 15 is 0 Å². The number of hydrogen-bond donors (Lipinski definition) is 3. The van der Waals surface area contributed by atoms with Crippen molar-refractivity contribution in [3.63, 3.8) is 0 Å². The van der Waals surface area contributed by atoms with E-state index in [2.05, 4.69) is 39.9 Å². The molecule has 2 atom stereocenters. The lowest BCUT2D eigenvalue weighted by molar-refractivity contribution is -0.126. The molecule has 1 aromatic rings. The van der Waals surface area contributed by atoms with Crippen molar-refractivity contribution >= 4 is 11.9 Å².